The molecule has 0 unspecified atom stereocenters. The predicted molar refractivity (Wildman–Crippen MR) is 67.1 cm³/mol. The monoisotopic (exact) mass is 265 g/mol. The number of hydrogen-bond donors (Lipinski definition) is 1. The predicted octanol–water partition coefficient (Wildman–Crippen LogP) is 1.29. The van der Waals surface area contributed by atoms with E-state index in [2.05, 4.69) is 4.72 Å². The van der Waals surface area contributed by atoms with E-state index >= 15 is 0 Å². The lowest BCUT2D eigenvalue weighted by Crippen LogP contribution is -2.47. The Bertz CT molecular complexity index is 371. The molecule has 0 amide bonds. The van der Waals surface area contributed by atoms with E-state index in [0.29, 0.717) is 6.42 Å². The van der Waals surface area contributed by atoms with Crippen LogP contribution >= 0.6 is 0 Å². The molecule has 0 fully saturated rings. The molecule has 0 atom stereocenters. The second-order valence-corrected chi connectivity index (χ2v) is 7.32. The van der Waals surface area contributed by atoms with Crippen molar-refractivity contribution in [2.45, 2.75) is 46.6 Å². The molecule has 0 rings (SSSR count). The normalized spacial score (nSPS) is 13.5. The van der Waals surface area contributed by atoms with Crippen LogP contribution in [-0.2, 0) is 19.6 Å². The van der Waals surface area contributed by atoms with Crippen molar-refractivity contribution < 1.29 is 17.9 Å². The van der Waals surface area contributed by atoms with Gasteiger partial charge in [0.05, 0.1) is 17.2 Å². The van der Waals surface area contributed by atoms with Crippen molar-refractivity contribution in [3.05, 3.63) is 0 Å². The SMILES string of the molecule is CCC(C)(C)C(=O)OCC(C)(C)NS(C)(=O)=O. The molecule has 1 N–H and O–H groups in total. The first-order valence-corrected chi connectivity index (χ1v) is 7.45. The van der Waals surface area contributed by atoms with Crippen molar-refractivity contribution in [1.82, 2.24) is 4.72 Å². The fraction of sp³-hybridized carbons (Fsp3) is 0.909. The number of sulfonamides is 1. The Morgan fingerprint density at radius 1 is 1.24 bits per heavy atom. The fourth-order valence-corrected chi connectivity index (χ4v) is 2.18. The Balaban J connectivity index is 4.43. The Kier molecular flexibility index (Phi) is 5.16. The summed E-state index contributed by atoms with van der Waals surface area (Å²) in [5.74, 6) is -0.316. The van der Waals surface area contributed by atoms with Gasteiger partial charge in [-0.2, -0.15) is 0 Å². The third kappa shape index (κ3) is 6.63. The zero-order valence-corrected chi connectivity index (χ0v) is 12.3. The second kappa shape index (κ2) is 5.35. The Labute approximate surface area is 104 Å². The Hall–Kier alpha value is -0.620. The van der Waals surface area contributed by atoms with E-state index in [4.69, 9.17) is 4.74 Å². The molecule has 0 spiro atoms. The molecule has 0 aromatic rings. The minimum Gasteiger partial charge on any atom is -0.463 e. The maximum Gasteiger partial charge on any atom is 0.311 e. The standard InChI is InChI=1S/C11H23NO4S/c1-7-10(2,3)9(13)16-8-11(4,5)12-17(6,14)15/h12H,7-8H2,1-6H3. The quantitative estimate of drug-likeness (QED) is 0.735. The number of esters is 1. The van der Waals surface area contributed by atoms with Crippen molar-refractivity contribution in [2.75, 3.05) is 12.9 Å². The molecule has 102 valence electrons. The van der Waals surface area contributed by atoms with E-state index in [1.807, 2.05) is 6.92 Å². The highest BCUT2D eigenvalue weighted by molar-refractivity contribution is 7.88. The lowest BCUT2D eigenvalue weighted by Gasteiger charge is -2.27. The summed E-state index contributed by atoms with van der Waals surface area (Å²) in [6.07, 6.45) is 1.75. The largest absolute Gasteiger partial charge is 0.463 e. The van der Waals surface area contributed by atoms with Gasteiger partial charge in [0.25, 0.3) is 0 Å². The molecule has 0 saturated carbocycles. The zero-order chi connectivity index (χ0) is 13.9. The molecule has 0 aliphatic carbocycles. The molecule has 0 aromatic heterocycles. The first-order chi connectivity index (χ1) is 7.40. The van der Waals surface area contributed by atoms with Gasteiger partial charge in [-0.15, -0.1) is 0 Å². The van der Waals surface area contributed by atoms with Gasteiger partial charge in [-0.25, -0.2) is 13.1 Å². The van der Waals surface area contributed by atoms with Crippen LogP contribution in [0.1, 0.15) is 41.0 Å². The molecule has 0 heterocycles. The highest BCUT2D eigenvalue weighted by Crippen LogP contribution is 2.22. The summed E-state index contributed by atoms with van der Waals surface area (Å²) in [4.78, 5) is 11.7. The van der Waals surface area contributed by atoms with E-state index in [1.54, 1.807) is 27.7 Å². The van der Waals surface area contributed by atoms with Crippen LogP contribution < -0.4 is 4.72 Å². The van der Waals surface area contributed by atoms with Gasteiger partial charge in [0.2, 0.25) is 10.0 Å². The van der Waals surface area contributed by atoms with Gasteiger partial charge in [-0.3, -0.25) is 4.79 Å². The first kappa shape index (κ1) is 16.4. The molecule has 0 aliphatic rings. The van der Waals surface area contributed by atoms with Crippen LogP contribution in [0.5, 0.6) is 0 Å². The van der Waals surface area contributed by atoms with Crippen LogP contribution in [0.15, 0.2) is 0 Å². The lowest BCUT2D eigenvalue weighted by molar-refractivity contribution is -0.155. The molecule has 17 heavy (non-hydrogen) atoms. The Morgan fingerprint density at radius 3 is 2.06 bits per heavy atom. The van der Waals surface area contributed by atoms with E-state index in [0.717, 1.165) is 6.26 Å². The molecule has 0 radical (unpaired) electrons. The summed E-state index contributed by atoms with van der Waals surface area (Å²) in [6, 6.07) is 0. The maximum absolute atomic E-state index is 11.7. The third-order valence-electron chi connectivity index (χ3n) is 2.46. The average molecular weight is 265 g/mol. The minimum absolute atomic E-state index is 0.0162. The van der Waals surface area contributed by atoms with Gasteiger partial charge in [0.1, 0.15) is 6.61 Å². The average Bonchev–Trinajstić information content (AvgIpc) is 2.10. The zero-order valence-electron chi connectivity index (χ0n) is 11.5. The number of hydrogen-bond acceptors (Lipinski definition) is 4. The van der Waals surface area contributed by atoms with Crippen molar-refractivity contribution >= 4 is 16.0 Å². The summed E-state index contributed by atoms with van der Waals surface area (Å²) < 4.78 is 29.7. The van der Waals surface area contributed by atoms with E-state index in [-0.39, 0.29) is 12.6 Å². The van der Waals surface area contributed by atoms with Crippen LogP contribution in [0.4, 0.5) is 0 Å². The van der Waals surface area contributed by atoms with Crippen LogP contribution in [0.2, 0.25) is 0 Å². The van der Waals surface area contributed by atoms with Crippen LogP contribution in [0.25, 0.3) is 0 Å². The molecule has 0 aliphatic heterocycles. The maximum atomic E-state index is 11.7. The molecular weight excluding hydrogens is 242 g/mol. The summed E-state index contributed by atoms with van der Waals surface area (Å²) in [5.41, 5.74) is -1.34. The summed E-state index contributed by atoms with van der Waals surface area (Å²) in [5, 5.41) is 0. The lowest BCUT2D eigenvalue weighted by atomic mass is 9.90. The summed E-state index contributed by atoms with van der Waals surface area (Å²) >= 11 is 0. The number of nitrogens with one attached hydrogen (secondary N) is 1. The highest BCUT2D eigenvalue weighted by atomic mass is 32.2. The number of carbonyl (C=O) groups excluding carboxylic acids is 1. The number of ether oxygens (including phenoxy) is 1. The Morgan fingerprint density at radius 2 is 1.71 bits per heavy atom. The second-order valence-electron chi connectivity index (χ2n) is 5.57. The minimum atomic E-state index is -3.31. The molecule has 0 aromatic carbocycles. The molecule has 6 heteroatoms. The topological polar surface area (TPSA) is 72.5 Å². The summed E-state index contributed by atoms with van der Waals surface area (Å²) in [7, 11) is -3.31. The van der Waals surface area contributed by atoms with E-state index in [1.165, 1.54) is 0 Å². The van der Waals surface area contributed by atoms with Crippen LogP contribution in [-0.4, -0.2) is 32.8 Å². The van der Waals surface area contributed by atoms with Gasteiger partial charge in [0, 0.05) is 0 Å². The van der Waals surface area contributed by atoms with Gasteiger partial charge < -0.3 is 4.74 Å². The third-order valence-corrected chi connectivity index (χ3v) is 3.39. The smallest absolute Gasteiger partial charge is 0.311 e. The highest BCUT2D eigenvalue weighted by Gasteiger charge is 2.30. The first-order valence-electron chi connectivity index (χ1n) is 5.56. The number of carbonyl (C=O) groups is 1. The van der Waals surface area contributed by atoms with Gasteiger partial charge in [0.15, 0.2) is 0 Å². The van der Waals surface area contributed by atoms with Gasteiger partial charge in [-0.1, -0.05) is 6.92 Å². The van der Waals surface area contributed by atoms with Gasteiger partial charge in [-0.05, 0) is 34.1 Å². The van der Waals surface area contributed by atoms with Crippen molar-refractivity contribution in [2.24, 2.45) is 5.41 Å². The van der Waals surface area contributed by atoms with Crippen LogP contribution in [0, 0.1) is 5.41 Å². The molecule has 0 bridgehead atoms. The molecule has 5 nitrogen and oxygen atoms in total. The van der Waals surface area contributed by atoms with E-state index < -0.39 is 21.0 Å². The fourth-order valence-electron chi connectivity index (χ4n) is 1.12. The van der Waals surface area contributed by atoms with E-state index in [9.17, 15) is 13.2 Å². The van der Waals surface area contributed by atoms with Gasteiger partial charge >= 0.3 is 5.97 Å². The molecule has 0 saturated heterocycles. The van der Waals surface area contributed by atoms with Crippen molar-refractivity contribution in [3.63, 3.8) is 0 Å². The van der Waals surface area contributed by atoms with Crippen LogP contribution in [0.3, 0.4) is 0 Å². The van der Waals surface area contributed by atoms with Crippen molar-refractivity contribution in [1.29, 1.82) is 0 Å². The summed E-state index contributed by atoms with van der Waals surface area (Å²) in [6.45, 7) is 8.85. The number of rotatable bonds is 6. The van der Waals surface area contributed by atoms with Crippen molar-refractivity contribution in [3.8, 4) is 0 Å². The molecular formula is C11H23NO4S.